The SMILES string of the molecule is NCC1(c2cccc(-c3nc(NC4CCC4)nc4[nH]ccc34)c2)Cc2ccccc2C1. The fourth-order valence-corrected chi connectivity index (χ4v) is 5.12. The highest BCUT2D eigenvalue weighted by atomic mass is 15.1. The van der Waals surface area contributed by atoms with E-state index in [1.165, 1.54) is 36.0 Å². The van der Waals surface area contributed by atoms with Crippen molar-refractivity contribution in [3.05, 3.63) is 77.5 Å². The maximum Gasteiger partial charge on any atom is 0.225 e. The number of hydrogen-bond donors (Lipinski definition) is 3. The van der Waals surface area contributed by atoms with Crippen molar-refractivity contribution >= 4 is 17.0 Å². The predicted molar refractivity (Wildman–Crippen MR) is 125 cm³/mol. The Morgan fingerprint density at radius 3 is 2.52 bits per heavy atom. The number of fused-ring (bicyclic) bond motifs is 2. The van der Waals surface area contributed by atoms with E-state index in [1.807, 2.05) is 6.20 Å². The van der Waals surface area contributed by atoms with E-state index in [2.05, 4.69) is 64.9 Å². The first-order valence-corrected chi connectivity index (χ1v) is 11.2. The lowest BCUT2D eigenvalue weighted by molar-refractivity contribution is 0.443. The Balaban J connectivity index is 1.42. The van der Waals surface area contributed by atoms with Crippen LogP contribution in [0.3, 0.4) is 0 Å². The van der Waals surface area contributed by atoms with E-state index < -0.39 is 0 Å². The zero-order chi connectivity index (χ0) is 20.8. The standard InChI is InChI=1S/C26H27N5/c27-16-26(14-18-5-1-2-6-19(18)15-26)20-8-3-7-17(13-20)23-22-11-12-28-24(22)31-25(30-23)29-21-9-4-10-21/h1-3,5-8,11-13,21H,4,9-10,14-16,27H2,(H2,28,29,30,31). The number of aromatic nitrogens is 3. The molecule has 4 N–H and O–H groups in total. The molecule has 5 nitrogen and oxygen atoms in total. The number of hydrogen-bond acceptors (Lipinski definition) is 4. The highest BCUT2D eigenvalue weighted by Gasteiger charge is 2.37. The number of benzene rings is 2. The number of nitrogens with one attached hydrogen (secondary N) is 2. The summed E-state index contributed by atoms with van der Waals surface area (Å²) in [5, 5.41) is 4.56. The van der Waals surface area contributed by atoms with Crippen LogP contribution < -0.4 is 11.1 Å². The summed E-state index contributed by atoms with van der Waals surface area (Å²) in [5.74, 6) is 0.710. The van der Waals surface area contributed by atoms with Gasteiger partial charge in [0.1, 0.15) is 5.65 Å². The third-order valence-corrected chi connectivity index (χ3v) is 7.17. The van der Waals surface area contributed by atoms with E-state index in [-0.39, 0.29) is 5.41 Å². The predicted octanol–water partition coefficient (Wildman–Crippen LogP) is 4.58. The molecule has 0 amide bonds. The molecule has 2 aromatic heterocycles. The van der Waals surface area contributed by atoms with Crippen LogP contribution in [0.2, 0.25) is 0 Å². The second-order valence-electron chi connectivity index (χ2n) is 9.10. The van der Waals surface area contributed by atoms with Gasteiger partial charge in [-0.25, -0.2) is 4.98 Å². The Morgan fingerprint density at radius 2 is 1.81 bits per heavy atom. The summed E-state index contributed by atoms with van der Waals surface area (Å²) in [4.78, 5) is 12.9. The second-order valence-corrected chi connectivity index (χ2v) is 9.10. The van der Waals surface area contributed by atoms with Gasteiger partial charge in [-0.3, -0.25) is 0 Å². The summed E-state index contributed by atoms with van der Waals surface area (Å²) in [6, 6.07) is 20.1. The molecule has 31 heavy (non-hydrogen) atoms. The van der Waals surface area contributed by atoms with Gasteiger partial charge >= 0.3 is 0 Å². The third-order valence-electron chi connectivity index (χ3n) is 7.17. The fourth-order valence-electron chi connectivity index (χ4n) is 5.12. The summed E-state index contributed by atoms with van der Waals surface area (Å²) >= 11 is 0. The molecule has 2 heterocycles. The zero-order valence-electron chi connectivity index (χ0n) is 17.6. The van der Waals surface area contributed by atoms with Crippen LogP contribution in [-0.2, 0) is 18.3 Å². The molecule has 0 bridgehead atoms. The van der Waals surface area contributed by atoms with Crippen LogP contribution in [-0.4, -0.2) is 27.5 Å². The molecule has 5 heteroatoms. The quantitative estimate of drug-likeness (QED) is 0.451. The molecule has 2 aliphatic rings. The first kappa shape index (κ1) is 18.6. The molecule has 1 fully saturated rings. The molecule has 0 atom stereocenters. The summed E-state index contributed by atoms with van der Waals surface area (Å²) in [5.41, 5.74) is 13.4. The number of nitrogens with zero attached hydrogens (tertiary/aromatic N) is 2. The van der Waals surface area contributed by atoms with Gasteiger partial charge in [0.2, 0.25) is 5.95 Å². The van der Waals surface area contributed by atoms with Crippen molar-refractivity contribution in [2.24, 2.45) is 5.73 Å². The van der Waals surface area contributed by atoms with Gasteiger partial charge in [-0.05, 0) is 60.9 Å². The molecule has 0 saturated heterocycles. The molecular formula is C26H27N5. The highest BCUT2D eigenvalue weighted by molar-refractivity contribution is 5.91. The van der Waals surface area contributed by atoms with Gasteiger partial charge in [0.25, 0.3) is 0 Å². The Labute approximate surface area is 182 Å². The first-order chi connectivity index (χ1) is 15.2. The van der Waals surface area contributed by atoms with E-state index in [1.54, 1.807) is 0 Å². The van der Waals surface area contributed by atoms with Crippen molar-refractivity contribution in [3.8, 4) is 11.3 Å². The lowest BCUT2D eigenvalue weighted by Gasteiger charge is -2.28. The second kappa shape index (κ2) is 7.20. The summed E-state index contributed by atoms with van der Waals surface area (Å²) < 4.78 is 0. The molecule has 0 radical (unpaired) electrons. The summed E-state index contributed by atoms with van der Waals surface area (Å²) in [6.45, 7) is 0.628. The van der Waals surface area contributed by atoms with Gasteiger partial charge in [0.05, 0.1) is 5.69 Å². The third kappa shape index (κ3) is 3.12. The minimum atomic E-state index is -0.0585. The van der Waals surface area contributed by atoms with Crippen LogP contribution in [0.15, 0.2) is 60.8 Å². The van der Waals surface area contributed by atoms with Gasteiger partial charge in [-0.1, -0.05) is 42.5 Å². The lowest BCUT2D eigenvalue weighted by atomic mass is 9.77. The maximum atomic E-state index is 6.40. The van der Waals surface area contributed by atoms with E-state index in [0.29, 0.717) is 18.5 Å². The zero-order valence-corrected chi connectivity index (χ0v) is 17.6. The summed E-state index contributed by atoms with van der Waals surface area (Å²) in [6.07, 6.45) is 7.57. The van der Waals surface area contributed by atoms with Crippen LogP contribution >= 0.6 is 0 Å². The molecule has 1 saturated carbocycles. The van der Waals surface area contributed by atoms with E-state index in [9.17, 15) is 0 Å². The van der Waals surface area contributed by atoms with E-state index in [0.717, 1.165) is 35.1 Å². The Kier molecular flexibility index (Phi) is 4.32. The summed E-state index contributed by atoms with van der Waals surface area (Å²) in [7, 11) is 0. The minimum Gasteiger partial charge on any atom is -0.351 e. The Bertz CT molecular complexity index is 1230. The van der Waals surface area contributed by atoms with Crippen molar-refractivity contribution in [1.82, 2.24) is 15.0 Å². The van der Waals surface area contributed by atoms with Gasteiger partial charge in [0, 0.05) is 35.1 Å². The van der Waals surface area contributed by atoms with Gasteiger partial charge in [-0.15, -0.1) is 0 Å². The molecule has 156 valence electrons. The highest BCUT2D eigenvalue weighted by Crippen LogP contribution is 2.40. The number of rotatable bonds is 5. The number of nitrogens with two attached hydrogens (primary N) is 1. The number of H-pyrrole nitrogens is 1. The molecule has 0 spiro atoms. The van der Waals surface area contributed by atoms with Crippen molar-refractivity contribution in [1.29, 1.82) is 0 Å². The van der Waals surface area contributed by atoms with E-state index in [4.69, 9.17) is 15.7 Å². The number of aromatic amines is 1. The van der Waals surface area contributed by atoms with Crippen LogP contribution in [0.5, 0.6) is 0 Å². The first-order valence-electron chi connectivity index (χ1n) is 11.2. The van der Waals surface area contributed by atoms with Crippen LogP contribution in [0.1, 0.15) is 36.0 Å². The molecule has 2 aromatic carbocycles. The smallest absolute Gasteiger partial charge is 0.225 e. The minimum absolute atomic E-state index is 0.0585. The average Bonchev–Trinajstić information content (AvgIpc) is 3.40. The molecular weight excluding hydrogens is 382 g/mol. The Hall–Kier alpha value is -3.18. The normalized spacial score (nSPS) is 17.5. The van der Waals surface area contributed by atoms with Crippen LogP contribution in [0.4, 0.5) is 5.95 Å². The monoisotopic (exact) mass is 409 g/mol. The van der Waals surface area contributed by atoms with Gasteiger partial charge in [-0.2, -0.15) is 4.98 Å². The topological polar surface area (TPSA) is 79.6 Å². The van der Waals surface area contributed by atoms with Crippen molar-refractivity contribution in [2.75, 3.05) is 11.9 Å². The van der Waals surface area contributed by atoms with Gasteiger partial charge in [0.15, 0.2) is 0 Å². The van der Waals surface area contributed by atoms with E-state index >= 15 is 0 Å². The maximum absolute atomic E-state index is 6.40. The lowest BCUT2D eigenvalue weighted by Crippen LogP contribution is -2.36. The average molecular weight is 410 g/mol. The van der Waals surface area contributed by atoms with Gasteiger partial charge < -0.3 is 16.0 Å². The molecule has 6 rings (SSSR count). The number of anilines is 1. The van der Waals surface area contributed by atoms with Crippen LogP contribution in [0, 0.1) is 0 Å². The van der Waals surface area contributed by atoms with Crippen molar-refractivity contribution in [2.45, 2.75) is 43.6 Å². The molecule has 0 unspecified atom stereocenters. The van der Waals surface area contributed by atoms with Crippen molar-refractivity contribution < 1.29 is 0 Å². The Morgan fingerprint density at radius 1 is 1.00 bits per heavy atom. The molecule has 4 aromatic rings. The molecule has 0 aliphatic heterocycles. The van der Waals surface area contributed by atoms with Crippen molar-refractivity contribution in [3.63, 3.8) is 0 Å². The largest absolute Gasteiger partial charge is 0.351 e. The fraction of sp³-hybridized carbons (Fsp3) is 0.308. The van der Waals surface area contributed by atoms with Crippen LogP contribution in [0.25, 0.3) is 22.3 Å². The molecule has 2 aliphatic carbocycles.